The first-order chi connectivity index (χ1) is 6.96. The van der Waals surface area contributed by atoms with Crippen molar-refractivity contribution in [1.29, 1.82) is 0 Å². The van der Waals surface area contributed by atoms with Gasteiger partial charge in [0.1, 0.15) is 0 Å². The molecule has 2 heterocycles. The van der Waals surface area contributed by atoms with E-state index >= 15 is 0 Å². The molecular formula is C12H24N2O. The summed E-state index contributed by atoms with van der Waals surface area (Å²) in [6.45, 7) is 6.65. The van der Waals surface area contributed by atoms with Gasteiger partial charge in [-0.3, -0.25) is 0 Å². The summed E-state index contributed by atoms with van der Waals surface area (Å²) in [5.41, 5.74) is 0.191. The minimum absolute atomic E-state index is 0.191. The van der Waals surface area contributed by atoms with Crippen molar-refractivity contribution < 1.29 is 5.21 Å². The van der Waals surface area contributed by atoms with Gasteiger partial charge in [-0.1, -0.05) is 6.42 Å². The fourth-order valence-electron chi connectivity index (χ4n) is 3.09. The van der Waals surface area contributed by atoms with Crippen LogP contribution in [0.3, 0.4) is 0 Å². The van der Waals surface area contributed by atoms with Crippen molar-refractivity contribution in [3.8, 4) is 0 Å². The van der Waals surface area contributed by atoms with E-state index < -0.39 is 0 Å². The Balaban J connectivity index is 1.95. The van der Waals surface area contributed by atoms with E-state index in [-0.39, 0.29) is 5.54 Å². The lowest BCUT2D eigenvalue weighted by Crippen LogP contribution is -2.57. The molecule has 88 valence electrons. The van der Waals surface area contributed by atoms with Gasteiger partial charge in [0, 0.05) is 23.7 Å². The molecule has 2 unspecified atom stereocenters. The summed E-state index contributed by atoms with van der Waals surface area (Å²) >= 11 is 0. The molecule has 2 aliphatic heterocycles. The van der Waals surface area contributed by atoms with Crippen molar-refractivity contribution in [2.75, 3.05) is 0 Å². The van der Waals surface area contributed by atoms with Crippen LogP contribution >= 0.6 is 0 Å². The van der Waals surface area contributed by atoms with Crippen LogP contribution in [0.15, 0.2) is 0 Å². The number of piperidine rings is 2. The molecule has 2 fully saturated rings. The van der Waals surface area contributed by atoms with Crippen LogP contribution in [-0.2, 0) is 0 Å². The van der Waals surface area contributed by atoms with E-state index in [1.807, 2.05) is 0 Å². The van der Waals surface area contributed by atoms with E-state index in [0.717, 1.165) is 25.7 Å². The Morgan fingerprint density at radius 2 is 1.67 bits per heavy atom. The highest BCUT2D eigenvalue weighted by Crippen LogP contribution is 2.32. The van der Waals surface area contributed by atoms with Gasteiger partial charge in [0.25, 0.3) is 0 Å². The van der Waals surface area contributed by atoms with Gasteiger partial charge in [0.05, 0.1) is 0 Å². The quantitative estimate of drug-likeness (QED) is 0.699. The highest BCUT2D eigenvalue weighted by atomic mass is 16.5. The Labute approximate surface area is 92.8 Å². The van der Waals surface area contributed by atoms with Crippen LogP contribution < -0.4 is 5.32 Å². The van der Waals surface area contributed by atoms with Gasteiger partial charge in [-0.05, 0) is 46.5 Å². The molecule has 2 aliphatic rings. The molecule has 2 N–H and O–H groups in total. The number of fused-ring (bicyclic) bond motifs is 2. The number of nitrogens with one attached hydrogen (secondary N) is 1. The van der Waals surface area contributed by atoms with Gasteiger partial charge in [-0.15, -0.1) is 0 Å². The molecular weight excluding hydrogens is 188 g/mol. The molecule has 2 saturated heterocycles. The van der Waals surface area contributed by atoms with E-state index in [1.165, 1.54) is 6.42 Å². The van der Waals surface area contributed by atoms with Crippen LogP contribution in [0.5, 0.6) is 0 Å². The molecule has 2 bridgehead atoms. The van der Waals surface area contributed by atoms with Crippen LogP contribution in [0.25, 0.3) is 0 Å². The fraction of sp³-hybridized carbons (Fsp3) is 1.00. The van der Waals surface area contributed by atoms with Crippen LogP contribution in [0.1, 0.15) is 52.9 Å². The van der Waals surface area contributed by atoms with Crippen molar-refractivity contribution in [3.63, 3.8) is 0 Å². The SMILES string of the molecule is CC(C)(C)NC1CC2CCCC(C1)N2O. The van der Waals surface area contributed by atoms with E-state index in [2.05, 4.69) is 26.1 Å². The minimum Gasteiger partial charge on any atom is -0.313 e. The molecule has 0 saturated carbocycles. The van der Waals surface area contributed by atoms with Gasteiger partial charge in [-0.25, -0.2) is 0 Å². The summed E-state index contributed by atoms with van der Waals surface area (Å²) in [5, 5.41) is 15.2. The topological polar surface area (TPSA) is 35.5 Å². The van der Waals surface area contributed by atoms with Gasteiger partial charge in [0.15, 0.2) is 0 Å². The summed E-state index contributed by atoms with van der Waals surface area (Å²) in [6, 6.07) is 1.39. The lowest BCUT2D eigenvalue weighted by Gasteiger charge is -2.46. The second-order valence-corrected chi connectivity index (χ2v) is 6.18. The normalized spacial score (nSPS) is 38.0. The van der Waals surface area contributed by atoms with Gasteiger partial charge in [-0.2, -0.15) is 5.06 Å². The van der Waals surface area contributed by atoms with E-state index in [0.29, 0.717) is 18.1 Å². The first kappa shape index (κ1) is 11.4. The predicted octanol–water partition coefficient (Wildman–Crippen LogP) is 2.15. The average Bonchev–Trinajstić information content (AvgIpc) is 2.04. The zero-order valence-corrected chi connectivity index (χ0v) is 10.2. The molecule has 3 heteroatoms. The molecule has 0 aliphatic carbocycles. The van der Waals surface area contributed by atoms with Gasteiger partial charge < -0.3 is 10.5 Å². The Bertz CT molecular complexity index is 210. The zero-order chi connectivity index (χ0) is 11.1. The molecule has 2 atom stereocenters. The van der Waals surface area contributed by atoms with Crippen molar-refractivity contribution in [2.45, 2.75) is 76.5 Å². The van der Waals surface area contributed by atoms with Gasteiger partial charge >= 0.3 is 0 Å². The second-order valence-electron chi connectivity index (χ2n) is 6.18. The number of hydrogen-bond donors (Lipinski definition) is 2. The second kappa shape index (κ2) is 4.04. The fourth-order valence-corrected chi connectivity index (χ4v) is 3.09. The Morgan fingerprint density at radius 3 is 2.13 bits per heavy atom. The Morgan fingerprint density at radius 1 is 1.13 bits per heavy atom. The zero-order valence-electron chi connectivity index (χ0n) is 10.2. The molecule has 0 aromatic heterocycles. The lowest BCUT2D eigenvalue weighted by atomic mass is 9.83. The van der Waals surface area contributed by atoms with E-state index in [4.69, 9.17) is 0 Å². The molecule has 15 heavy (non-hydrogen) atoms. The molecule has 0 aromatic carbocycles. The number of rotatable bonds is 1. The maximum Gasteiger partial charge on any atom is 0.0368 e. The smallest absolute Gasteiger partial charge is 0.0368 e. The third-order valence-electron chi connectivity index (χ3n) is 3.57. The molecule has 3 nitrogen and oxygen atoms in total. The summed E-state index contributed by atoms with van der Waals surface area (Å²) in [4.78, 5) is 0. The van der Waals surface area contributed by atoms with Crippen molar-refractivity contribution in [2.24, 2.45) is 0 Å². The molecule has 0 aromatic rings. The maximum absolute atomic E-state index is 9.91. The summed E-state index contributed by atoms with van der Waals surface area (Å²) in [6.07, 6.45) is 5.81. The summed E-state index contributed by atoms with van der Waals surface area (Å²) < 4.78 is 0. The van der Waals surface area contributed by atoms with E-state index in [1.54, 1.807) is 5.06 Å². The Hall–Kier alpha value is -0.120. The summed E-state index contributed by atoms with van der Waals surface area (Å²) in [7, 11) is 0. The highest BCUT2D eigenvalue weighted by Gasteiger charge is 2.38. The van der Waals surface area contributed by atoms with Crippen molar-refractivity contribution in [3.05, 3.63) is 0 Å². The first-order valence-corrected chi connectivity index (χ1v) is 6.20. The molecule has 0 radical (unpaired) electrons. The molecule has 0 amide bonds. The van der Waals surface area contributed by atoms with Crippen LogP contribution in [0, 0.1) is 0 Å². The van der Waals surface area contributed by atoms with Crippen LogP contribution in [0.4, 0.5) is 0 Å². The largest absolute Gasteiger partial charge is 0.313 e. The minimum atomic E-state index is 0.191. The predicted molar refractivity (Wildman–Crippen MR) is 61.0 cm³/mol. The lowest BCUT2D eigenvalue weighted by molar-refractivity contribution is -0.199. The summed E-state index contributed by atoms with van der Waals surface area (Å²) in [5.74, 6) is 0. The number of hydroxylamine groups is 2. The monoisotopic (exact) mass is 212 g/mol. The van der Waals surface area contributed by atoms with Crippen LogP contribution in [0.2, 0.25) is 0 Å². The third kappa shape index (κ3) is 2.71. The van der Waals surface area contributed by atoms with Crippen LogP contribution in [-0.4, -0.2) is 33.9 Å². The Kier molecular flexibility index (Phi) is 3.06. The van der Waals surface area contributed by atoms with Crippen molar-refractivity contribution in [1.82, 2.24) is 10.4 Å². The highest BCUT2D eigenvalue weighted by molar-refractivity contribution is 4.93. The maximum atomic E-state index is 9.91. The molecule has 0 spiro atoms. The first-order valence-electron chi connectivity index (χ1n) is 6.20. The number of nitrogens with zero attached hydrogens (tertiary/aromatic N) is 1. The average molecular weight is 212 g/mol. The van der Waals surface area contributed by atoms with E-state index in [9.17, 15) is 5.21 Å². The van der Waals surface area contributed by atoms with Gasteiger partial charge in [0.2, 0.25) is 0 Å². The standard InChI is InChI=1S/C12H24N2O/c1-12(2,3)13-9-7-10-5-4-6-11(8-9)14(10)15/h9-11,13,15H,4-8H2,1-3H3. The van der Waals surface area contributed by atoms with Crippen molar-refractivity contribution >= 4 is 0 Å². The third-order valence-corrected chi connectivity index (χ3v) is 3.57. The number of hydrogen-bond acceptors (Lipinski definition) is 3. The molecule has 2 rings (SSSR count).